The van der Waals surface area contributed by atoms with Crippen molar-refractivity contribution >= 4 is 15.8 Å². The molecule has 1 atom stereocenters. The molecule has 3 N–H and O–H groups in total. The molecule has 1 aliphatic rings. The minimum absolute atomic E-state index is 0.228. The SMILES string of the molecule is CS(=O)(=O)c1ccc(C2(C(N)C(=O)O)CC2)cc1. The molecule has 0 heterocycles. The molecular weight excluding hydrogens is 254 g/mol. The Labute approximate surface area is 106 Å². The first-order valence-electron chi connectivity index (χ1n) is 5.56. The van der Waals surface area contributed by atoms with Crippen molar-refractivity contribution in [3.05, 3.63) is 29.8 Å². The lowest BCUT2D eigenvalue weighted by molar-refractivity contribution is -0.139. The Kier molecular flexibility index (Phi) is 2.95. The van der Waals surface area contributed by atoms with E-state index < -0.39 is 27.3 Å². The summed E-state index contributed by atoms with van der Waals surface area (Å²) >= 11 is 0. The third-order valence-electron chi connectivity index (χ3n) is 3.51. The number of hydrogen-bond donors (Lipinski definition) is 2. The second-order valence-corrected chi connectivity index (χ2v) is 6.78. The van der Waals surface area contributed by atoms with Crippen LogP contribution in [0.4, 0.5) is 0 Å². The zero-order chi connectivity index (χ0) is 13.6. The fraction of sp³-hybridized carbons (Fsp3) is 0.417. The van der Waals surface area contributed by atoms with Crippen molar-refractivity contribution in [3.8, 4) is 0 Å². The standard InChI is InChI=1S/C12H15NO4S/c1-18(16,17)9-4-2-8(3-5-9)12(6-7-12)10(13)11(14)15/h2-5,10H,6-7,13H2,1H3,(H,14,15). The third kappa shape index (κ3) is 2.13. The first-order chi connectivity index (χ1) is 8.27. The van der Waals surface area contributed by atoms with E-state index in [1.807, 2.05) is 0 Å². The molecule has 98 valence electrons. The van der Waals surface area contributed by atoms with Gasteiger partial charge in [0.05, 0.1) is 4.90 Å². The lowest BCUT2D eigenvalue weighted by Gasteiger charge is -2.20. The molecule has 0 saturated heterocycles. The number of carboxylic acid groups (broad SMARTS) is 1. The van der Waals surface area contributed by atoms with E-state index in [0.29, 0.717) is 0 Å². The van der Waals surface area contributed by atoms with Gasteiger partial charge in [-0.05, 0) is 30.5 Å². The van der Waals surface area contributed by atoms with Gasteiger partial charge >= 0.3 is 5.97 Å². The van der Waals surface area contributed by atoms with Gasteiger partial charge in [0.1, 0.15) is 6.04 Å². The normalized spacial score (nSPS) is 19.2. The van der Waals surface area contributed by atoms with Crippen molar-refractivity contribution in [2.75, 3.05) is 6.26 Å². The van der Waals surface area contributed by atoms with E-state index in [1.54, 1.807) is 12.1 Å². The van der Waals surface area contributed by atoms with Crippen molar-refractivity contribution in [1.82, 2.24) is 0 Å². The van der Waals surface area contributed by atoms with Crippen LogP contribution in [-0.4, -0.2) is 31.8 Å². The molecule has 1 aromatic rings. The second kappa shape index (κ2) is 4.07. The smallest absolute Gasteiger partial charge is 0.321 e. The largest absolute Gasteiger partial charge is 0.480 e. The number of hydrogen-bond acceptors (Lipinski definition) is 4. The molecule has 2 rings (SSSR count). The van der Waals surface area contributed by atoms with Gasteiger partial charge in [-0.2, -0.15) is 0 Å². The molecule has 0 aromatic heterocycles. The molecule has 0 amide bonds. The van der Waals surface area contributed by atoms with E-state index in [2.05, 4.69) is 0 Å². The molecule has 1 aromatic carbocycles. The van der Waals surface area contributed by atoms with Crippen LogP contribution in [0.1, 0.15) is 18.4 Å². The Balaban J connectivity index is 2.34. The summed E-state index contributed by atoms with van der Waals surface area (Å²) in [5.41, 5.74) is 5.97. The van der Waals surface area contributed by atoms with Crippen molar-refractivity contribution in [3.63, 3.8) is 0 Å². The summed E-state index contributed by atoms with van der Waals surface area (Å²) < 4.78 is 22.7. The summed E-state index contributed by atoms with van der Waals surface area (Å²) in [7, 11) is -3.23. The summed E-state index contributed by atoms with van der Waals surface area (Å²) in [4.78, 5) is 11.2. The number of carbonyl (C=O) groups is 1. The molecule has 5 nitrogen and oxygen atoms in total. The van der Waals surface area contributed by atoms with Gasteiger partial charge in [-0.25, -0.2) is 8.42 Å². The summed E-state index contributed by atoms with van der Waals surface area (Å²) in [6, 6.07) is 5.37. The predicted molar refractivity (Wildman–Crippen MR) is 66.1 cm³/mol. The van der Waals surface area contributed by atoms with Gasteiger partial charge in [0.15, 0.2) is 9.84 Å². The maximum absolute atomic E-state index is 11.3. The molecule has 1 unspecified atom stereocenters. The van der Waals surface area contributed by atoms with E-state index in [1.165, 1.54) is 12.1 Å². The third-order valence-corrected chi connectivity index (χ3v) is 4.64. The minimum atomic E-state index is -3.23. The summed E-state index contributed by atoms with van der Waals surface area (Å²) in [6.45, 7) is 0. The van der Waals surface area contributed by atoms with Gasteiger partial charge in [-0.15, -0.1) is 0 Å². The molecular formula is C12H15NO4S. The summed E-state index contributed by atoms with van der Waals surface area (Å²) in [6.07, 6.45) is 2.58. The van der Waals surface area contributed by atoms with Crippen molar-refractivity contribution in [2.45, 2.75) is 29.2 Å². The zero-order valence-corrected chi connectivity index (χ0v) is 10.8. The average molecular weight is 269 g/mol. The molecule has 18 heavy (non-hydrogen) atoms. The van der Waals surface area contributed by atoms with Gasteiger partial charge in [0, 0.05) is 11.7 Å². The van der Waals surface area contributed by atoms with Crippen LogP contribution in [0.5, 0.6) is 0 Å². The van der Waals surface area contributed by atoms with Crippen LogP contribution in [0.3, 0.4) is 0 Å². The Morgan fingerprint density at radius 1 is 1.33 bits per heavy atom. The van der Waals surface area contributed by atoms with Crippen LogP contribution in [0.25, 0.3) is 0 Å². The highest BCUT2D eigenvalue weighted by Crippen LogP contribution is 2.50. The quantitative estimate of drug-likeness (QED) is 0.831. The molecule has 0 aliphatic heterocycles. The van der Waals surface area contributed by atoms with E-state index in [9.17, 15) is 13.2 Å². The highest BCUT2D eigenvalue weighted by molar-refractivity contribution is 7.90. The first kappa shape index (κ1) is 13.0. The van der Waals surface area contributed by atoms with Crippen LogP contribution < -0.4 is 5.73 Å². The number of aliphatic carboxylic acids is 1. The van der Waals surface area contributed by atoms with Gasteiger partial charge in [-0.1, -0.05) is 12.1 Å². The van der Waals surface area contributed by atoms with E-state index in [-0.39, 0.29) is 4.90 Å². The van der Waals surface area contributed by atoms with Gasteiger partial charge in [0.2, 0.25) is 0 Å². The number of rotatable bonds is 4. The molecule has 1 aliphatic carbocycles. The Morgan fingerprint density at radius 3 is 2.17 bits per heavy atom. The van der Waals surface area contributed by atoms with Gasteiger partial charge < -0.3 is 10.8 Å². The number of sulfone groups is 1. The van der Waals surface area contributed by atoms with E-state index in [0.717, 1.165) is 24.7 Å². The van der Waals surface area contributed by atoms with Crippen LogP contribution in [0.15, 0.2) is 29.2 Å². The van der Waals surface area contributed by atoms with Crippen LogP contribution >= 0.6 is 0 Å². The molecule has 0 radical (unpaired) electrons. The molecule has 1 fully saturated rings. The minimum Gasteiger partial charge on any atom is -0.480 e. The first-order valence-corrected chi connectivity index (χ1v) is 7.45. The van der Waals surface area contributed by atoms with Gasteiger partial charge in [-0.3, -0.25) is 4.79 Å². The van der Waals surface area contributed by atoms with E-state index in [4.69, 9.17) is 10.8 Å². The van der Waals surface area contributed by atoms with Crippen molar-refractivity contribution < 1.29 is 18.3 Å². The topological polar surface area (TPSA) is 97.5 Å². The lowest BCUT2D eigenvalue weighted by Crippen LogP contribution is -2.41. The number of nitrogens with two attached hydrogens (primary N) is 1. The molecule has 0 bridgehead atoms. The molecule has 1 saturated carbocycles. The van der Waals surface area contributed by atoms with Crippen LogP contribution in [0.2, 0.25) is 0 Å². The highest BCUT2D eigenvalue weighted by atomic mass is 32.2. The molecule has 0 spiro atoms. The lowest BCUT2D eigenvalue weighted by atomic mass is 9.88. The molecule has 6 heteroatoms. The van der Waals surface area contributed by atoms with Crippen molar-refractivity contribution in [2.24, 2.45) is 5.73 Å². The van der Waals surface area contributed by atoms with E-state index >= 15 is 0 Å². The maximum atomic E-state index is 11.3. The fourth-order valence-corrected chi connectivity index (χ4v) is 2.81. The Hall–Kier alpha value is -1.40. The summed E-state index contributed by atoms with van der Waals surface area (Å²) in [5.74, 6) is -1.03. The maximum Gasteiger partial charge on any atom is 0.321 e. The number of benzene rings is 1. The monoisotopic (exact) mass is 269 g/mol. The fourth-order valence-electron chi connectivity index (χ4n) is 2.18. The van der Waals surface area contributed by atoms with Gasteiger partial charge in [0.25, 0.3) is 0 Å². The summed E-state index contributed by atoms with van der Waals surface area (Å²) in [5, 5.41) is 8.98. The Bertz CT molecular complexity index is 573. The van der Waals surface area contributed by atoms with Crippen LogP contribution in [-0.2, 0) is 20.0 Å². The van der Waals surface area contributed by atoms with Crippen molar-refractivity contribution in [1.29, 1.82) is 0 Å². The number of carboxylic acids is 1. The Morgan fingerprint density at radius 2 is 1.83 bits per heavy atom. The second-order valence-electron chi connectivity index (χ2n) is 4.77. The highest BCUT2D eigenvalue weighted by Gasteiger charge is 2.52. The zero-order valence-electron chi connectivity index (χ0n) is 9.96. The predicted octanol–water partition coefficient (Wildman–Crippen LogP) is 0.534. The average Bonchev–Trinajstić information content (AvgIpc) is 3.08. The van der Waals surface area contributed by atoms with Crippen LogP contribution in [0, 0.1) is 0 Å².